The van der Waals surface area contributed by atoms with Gasteiger partial charge in [-0.2, -0.15) is 0 Å². The molecule has 7 heteroatoms. The Labute approximate surface area is 149 Å². The Morgan fingerprint density at radius 2 is 1.92 bits per heavy atom. The van der Waals surface area contributed by atoms with Gasteiger partial charge in [0.15, 0.2) is 11.5 Å². The van der Waals surface area contributed by atoms with Gasteiger partial charge in [0, 0.05) is 11.3 Å². The summed E-state index contributed by atoms with van der Waals surface area (Å²) in [5, 5.41) is 3.05. The summed E-state index contributed by atoms with van der Waals surface area (Å²) in [6.07, 6.45) is 0.762. The number of carbonyl (C=O) groups excluding carboxylic acids is 2. The third-order valence-electron chi connectivity index (χ3n) is 3.51. The van der Waals surface area contributed by atoms with Crippen molar-refractivity contribution in [3.63, 3.8) is 0 Å². The average Bonchev–Trinajstić information content (AvgIpc) is 3.09. The molecule has 0 atom stereocenters. The van der Waals surface area contributed by atoms with E-state index in [1.807, 2.05) is 6.92 Å². The second-order valence-corrected chi connectivity index (χ2v) is 5.77. The van der Waals surface area contributed by atoms with Gasteiger partial charge in [-0.25, -0.2) is 4.79 Å². The lowest BCUT2D eigenvalue weighted by atomic mass is 10.1. The van der Waals surface area contributed by atoms with E-state index in [-0.39, 0.29) is 18.7 Å². The second kappa shape index (κ2) is 7.44. The fourth-order valence-electron chi connectivity index (χ4n) is 2.27. The van der Waals surface area contributed by atoms with Crippen LogP contribution in [0.1, 0.15) is 34.1 Å². The number of anilines is 1. The number of nitrogens with one attached hydrogen (secondary N) is 1. The molecular formula is C18H16ClNO5. The molecule has 2 aromatic rings. The van der Waals surface area contributed by atoms with Crippen LogP contribution < -0.4 is 14.8 Å². The summed E-state index contributed by atoms with van der Waals surface area (Å²) in [5.41, 5.74) is 1.32. The molecular weight excluding hydrogens is 346 g/mol. The summed E-state index contributed by atoms with van der Waals surface area (Å²) >= 11 is 6.08. The van der Waals surface area contributed by atoms with Gasteiger partial charge < -0.3 is 19.5 Å². The molecule has 1 aliphatic rings. The Morgan fingerprint density at radius 3 is 2.64 bits per heavy atom. The predicted molar refractivity (Wildman–Crippen MR) is 92.5 cm³/mol. The summed E-state index contributed by atoms with van der Waals surface area (Å²) in [5.74, 6) is 0.142. The third-order valence-corrected chi connectivity index (χ3v) is 3.79. The molecule has 1 aliphatic heterocycles. The number of benzene rings is 2. The SMILES string of the molecule is CCCOC(=O)c1ccc(NC(=O)c2cc(Cl)c3c(c2)OCO3)cc1. The molecule has 6 nitrogen and oxygen atoms in total. The van der Waals surface area contributed by atoms with Gasteiger partial charge in [-0.1, -0.05) is 18.5 Å². The van der Waals surface area contributed by atoms with Gasteiger partial charge in [-0.3, -0.25) is 4.79 Å². The van der Waals surface area contributed by atoms with Crippen molar-refractivity contribution in [3.05, 3.63) is 52.5 Å². The Kier molecular flexibility index (Phi) is 5.09. The highest BCUT2D eigenvalue weighted by Crippen LogP contribution is 2.39. The van der Waals surface area contributed by atoms with E-state index in [1.54, 1.807) is 30.3 Å². The highest BCUT2D eigenvalue weighted by atomic mass is 35.5. The average molecular weight is 362 g/mol. The molecule has 1 amide bonds. The summed E-state index contributed by atoms with van der Waals surface area (Å²) in [4.78, 5) is 24.1. The van der Waals surface area contributed by atoms with Gasteiger partial charge in [-0.05, 0) is 42.8 Å². The fourth-order valence-corrected chi connectivity index (χ4v) is 2.53. The minimum Gasteiger partial charge on any atom is -0.462 e. The molecule has 0 saturated carbocycles. The van der Waals surface area contributed by atoms with E-state index in [4.69, 9.17) is 25.8 Å². The minimum absolute atomic E-state index is 0.0791. The zero-order valence-corrected chi connectivity index (χ0v) is 14.3. The monoisotopic (exact) mass is 361 g/mol. The van der Waals surface area contributed by atoms with Crippen LogP contribution in [0, 0.1) is 0 Å². The Hall–Kier alpha value is -2.73. The molecule has 1 heterocycles. The van der Waals surface area contributed by atoms with E-state index < -0.39 is 0 Å². The third kappa shape index (κ3) is 3.85. The van der Waals surface area contributed by atoms with E-state index in [9.17, 15) is 9.59 Å². The molecule has 0 radical (unpaired) electrons. The number of amides is 1. The molecule has 25 heavy (non-hydrogen) atoms. The van der Waals surface area contributed by atoms with Gasteiger partial charge >= 0.3 is 5.97 Å². The van der Waals surface area contributed by atoms with Crippen LogP contribution in [0.5, 0.6) is 11.5 Å². The number of halogens is 1. The summed E-state index contributed by atoms with van der Waals surface area (Å²) in [6, 6.07) is 9.55. The van der Waals surface area contributed by atoms with Gasteiger partial charge in [0.2, 0.25) is 6.79 Å². The van der Waals surface area contributed by atoms with Gasteiger partial charge in [0.1, 0.15) is 0 Å². The van der Waals surface area contributed by atoms with Crippen molar-refractivity contribution in [3.8, 4) is 11.5 Å². The largest absolute Gasteiger partial charge is 0.462 e. The van der Waals surface area contributed by atoms with E-state index in [2.05, 4.69) is 5.32 Å². The summed E-state index contributed by atoms with van der Waals surface area (Å²) in [6.45, 7) is 2.38. The molecule has 0 aromatic heterocycles. The minimum atomic E-state index is -0.387. The second-order valence-electron chi connectivity index (χ2n) is 5.36. The molecule has 0 unspecified atom stereocenters. The molecule has 0 fully saturated rings. The number of hydrogen-bond donors (Lipinski definition) is 1. The quantitative estimate of drug-likeness (QED) is 0.818. The van der Waals surface area contributed by atoms with E-state index in [0.29, 0.717) is 39.9 Å². The van der Waals surface area contributed by atoms with Crippen molar-refractivity contribution in [2.75, 3.05) is 18.7 Å². The first-order chi connectivity index (χ1) is 12.1. The van der Waals surface area contributed by atoms with Gasteiger partial charge in [-0.15, -0.1) is 0 Å². The van der Waals surface area contributed by atoms with Crippen LogP contribution >= 0.6 is 11.6 Å². The normalized spacial score (nSPS) is 11.9. The van der Waals surface area contributed by atoms with Crippen LogP contribution in [0.15, 0.2) is 36.4 Å². The lowest BCUT2D eigenvalue weighted by molar-refractivity contribution is 0.0505. The molecule has 1 N–H and O–H groups in total. The summed E-state index contributed by atoms with van der Waals surface area (Å²) < 4.78 is 15.5. The maximum atomic E-state index is 12.4. The number of rotatable bonds is 5. The maximum absolute atomic E-state index is 12.4. The standard InChI is InChI=1S/C18H16ClNO5/c1-2-7-23-18(22)11-3-5-13(6-4-11)20-17(21)12-8-14(19)16-15(9-12)24-10-25-16/h3-6,8-9H,2,7,10H2,1H3,(H,20,21). The van der Waals surface area contributed by atoms with Crippen LogP contribution in [0.3, 0.4) is 0 Å². The van der Waals surface area contributed by atoms with E-state index in [1.165, 1.54) is 6.07 Å². The highest BCUT2D eigenvalue weighted by Gasteiger charge is 2.20. The van der Waals surface area contributed by atoms with Crippen LogP contribution in [0.4, 0.5) is 5.69 Å². The van der Waals surface area contributed by atoms with Crippen molar-refractivity contribution in [1.82, 2.24) is 0 Å². The van der Waals surface area contributed by atoms with Crippen molar-refractivity contribution in [1.29, 1.82) is 0 Å². The highest BCUT2D eigenvalue weighted by molar-refractivity contribution is 6.32. The number of fused-ring (bicyclic) bond motifs is 1. The smallest absolute Gasteiger partial charge is 0.338 e. The van der Waals surface area contributed by atoms with E-state index >= 15 is 0 Å². The van der Waals surface area contributed by atoms with Crippen LogP contribution in [-0.2, 0) is 4.74 Å². The van der Waals surface area contributed by atoms with Crippen LogP contribution in [-0.4, -0.2) is 25.3 Å². The first-order valence-electron chi connectivity index (χ1n) is 7.76. The molecule has 3 rings (SSSR count). The lowest BCUT2D eigenvalue weighted by Gasteiger charge is -2.08. The molecule has 0 saturated heterocycles. The predicted octanol–water partition coefficient (Wildman–Crippen LogP) is 3.89. The number of carbonyl (C=O) groups is 2. The van der Waals surface area contributed by atoms with Crippen LogP contribution in [0.2, 0.25) is 5.02 Å². The molecule has 0 spiro atoms. The van der Waals surface area contributed by atoms with Gasteiger partial charge in [0.25, 0.3) is 5.91 Å². The van der Waals surface area contributed by atoms with E-state index in [0.717, 1.165) is 6.42 Å². The van der Waals surface area contributed by atoms with Crippen molar-refractivity contribution in [2.24, 2.45) is 0 Å². The van der Waals surface area contributed by atoms with Crippen molar-refractivity contribution >= 4 is 29.2 Å². The van der Waals surface area contributed by atoms with Crippen molar-refractivity contribution in [2.45, 2.75) is 13.3 Å². The van der Waals surface area contributed by atoms with Crippen molar-refractivity contribution < 1.29 is 23.8 Å². The fraction of sp³-hybridized carbons (Fsp3) is 0.222. The Morgan fingerprint density at radius 1 is 1.16 bits per heavy atom. The maximum Gasteiger partial charge on any atom is 0.338 e. The lowest BCUT2D eigenvalue weighted by Crippen LogP contribution is -2.12. The van der Waals surface area contributed by atoms with Gasteiger partial charge in [0.05, 0.1) is 17.2 Å². The number of ether oxygens (including phenoxy) is 3. The first-order valence-corrected chi connectivity index (χ1v) is 8.14. The Balaban J connectivity index is 1.69. The zero-order valence-electron chi connectivity index (χ0n) is 13.5. The molecule has 2 aromatic carbocycles. The topological polar surface area (TPSA) is 73.9 Å². The zero-order chi connectivity index (χ0) is 17.8. The molecule has 130 valence electrons. The first kappa shape index (κ1) is 17.1. The number of hydrogen-bond acceptors (Lipinski definition) is 5. The summed E-state index contributed by atoms with van der Waals surface area (Å²) in [7, 11) is 0. The molecule has 0 bridgehead atoms. The number of esters is 1. The Bertz CT molecular complexity index is 804. The van der Waals surface area contributed by atoms with Crippen LogP contribution in [0.25, 0.3) is 0 Å². The molecule has 0 aliphatic carbocycles.